The van der Waals surface area contributed by atoms with Crippen LogP contribution in [0.4, 0.5) is 11.4 Å². The number of hydrogen-bond donors (Lipinski definition) is 1. The largest absolute Gasteiger partial charge is 0.354 e. The van der Waals surface area contributed by atoms with Crippen LogP contribution in [-0.2, 0) is 6.42 Å². The molecule has 3 rings (SSSR count). The fourth-order valence-electron chi connectivity index (χ4n) is 2.89. The third-order valence-electron chi connectivity index (χ3n) is 4.57. The zero-order valence-corrected chi connectivity index (χ0v) is 15.9. The topological polar surface area (TPSA) is 58.1 Å². The number of likely N-dealkylation sites (N-methyl/N-ethyl adjacent to an activating group) is 1. The van der Waals surface area contributed by atoms with Crippen LogP contribution in [0.15, 0.2) is 61.1 Å². The standard InChI is InChI=1S/C22H24N4O/c1-16-5-4-6-17(2)21(16)25-19-7-8-20(24-15-19)22(27)26(3)14-11-18-9-12-23-13-10-18/h4-10,12-13,15,25H,11,14H2,1-3H3. The van der Waals surface area contributed by atoms with Crippen LogP contribution in [0.25, 0.3) is 0 Å². The van der Waals surface area contributed by atoms with E-state index < -0.39 is 0 Å². The van der Waals surface area contributed by atoms with Gasteiger partial charge in [-0.3, -0.25) is 9.78 Å². The first kappa shape index (κ1) is 18.6. The van der Waals surface area contributed by atoms with Crippen LogP contribution in [0.3, 0.4) is 0 Å². The first-order valence-corrected chi connectivity index (χ1v) is 8.98. The molecular weight excluding hydrogens is 336 g/mol. The number of anilines is 2. The third kappa shape index (κ3) is 4.70. The molecule has 0 aliphatic heterocycles. The Morgan fingerprint density at radius 2 is 1.74 bits per heavy atom. The highest BCUT2D eigenvalue weighted by Gasteiger charge is 2.13. The normalized spacial score (nSPS) is 10.5. The molecule has 138 valence electrons. The summed E-state index contributed by atoms with van der Waals surface area (Å²) in [5, 5.41) is 3.39. The fraction of sp³-hybridized carbons (Fsp3) is 0.227. The Balaban J connectivity index is 1.63. The number of nitrogens with zero attached hydrogens (tertiary/aromatic N) is 3. The molecule has 0 bridgehead atoms. The van der Waals surface area contributed by atoms with Gasteiger partial charge in [-0.05, 0) is 61.2 Å². The summed E-state index contributed by atoms with van der Waals surface area (Å²) >= 11 is 0. The minimum atomic E-state index is -0.0809. The van der Waals surface area contributed by atoms with Gasteiger partial charge in [-0.25, -0.2) is 4.98 Å². The van der Waals surface area contributed by atoms with Crippen molar-refractivity contribution in [3.63, 3.8) is 0 Å². The maximum Gasteiger partial charge on any atom is 0.272 e. The molecular formula is C22H24N4O. The molecule has 1 aromatic carbocycles. The quantitative estimate of drug-likeness (QED) is 0.717. The van der Waals surface area contributed by atoms with Crippen LogP contribution in [0.1, 0.15) is 27.2 Å². The van der Waals surface area contributed by atoms with Gasteiger partial charge in [0.25, 0.3) is 5.91 Å². The zero-order chi connectivity index (χ0) is 19.2. The summed E-state index contributed by atoms with van der Waals surface area (Å²) in [5.74, 6) is -0.0809. The number of amides is 1. The third-order valence-corrected chi connectivity index (χ3v) is 4.57. The van der Waals surface area contributed by atoms with Crippen LogP contribution in [0, 0.1) is 13.8 Å². The molecule has 2 aromatic heterocycles. The van der Waals surface area contributed by atoms with Crippen molar-refractivity contribution < 1.29 is 4.79 Å². The van der Waals surface area contributed by atoms with E-state index in [1.165, 1.54) is 11.1 Å². The number of hydrogen-bond acceptors (Lipinski definition) is 4. The molecule has 0 aliphatic rings. The summed E-state index contributed by atoms with van der Waals surface area (Å²) in [4.78, 5) is 22.6. The first-order valence-electron chi connectivity index (χ1n) is 8.98. The lowest BCUT2D eigenvalue weighted by molar-refractivity contribution is 0.0791. The lowest BCUT2D eigenvalue weighted by Gasteiger charge is -2.17. The Bertz CT molecular complexity index is 887. The molecule has 1 amide bonds. The number of aryl methyl sites for hydroxylation is 2. The molecule has 5 nitrogen and oxygen atoms in total. The molecule has 27 heavy (non-hydrogen) atoms. The second kappa shape index (κ2) is 8.45. The molecule has 1 N–H and O–H groups in total. The second-order valence-electron chi connectivity index (χ2n) is 6.66. The predicted octanol–water partition coefficient (Wildman–Crippen LogP) is 4.15. The first-order chi connectivity index (χ1) is 13.0. The van der Waals surface area contributed by atoms with Crippen molar-refractivity contribution in [3.8, 4) is 0 Å². The summed E-state index contributed by atoms with van der Waals surface area (Å²) in [5.41, 5.74) is 5.89. The molecule has 0 saturated heterocycles. The molecule has 0 atom stereocenters. The van der Waals surface area contributed by atoms with E-state index in [1.54, 1.807) is 36.6 Å². The highest BCUT2D eigenvalue weighted by atomic mass is 16.2. The Kier molecular flexibility index (Phi) is 5.81. The molecule has 0 aliphatic carbocycles. The summed E-state index contributed by atoms with van der Waals surface area (Å²) < 4.78 is 0. The smallest absolute Gasteiger partial charge is 0.272 e. The van der Waals surface area contributed by atoms with Crippen LogP contribution in [0.2, 0.25) is 0 Å². The van der Waals surface area contributed by atoms with E-state index in [0.717, 1.165) is 23.4 Å². The molecule has 0 saturated carbocycles. The molecule has 0 radical (unpaired) electrons. The minimum absolute atomic E-state index is 0.0809. The highest BCUT2D eigenvalue weighted by Crippen LogP contribution is 2.24. The number of para-hydroxylation sites is 1. The van der Waals surface area contributed by atoms with Gasteiger partial charge in [0.05, 0.1) is 11.9 Å². The fourth-order valence-corrected chi connectivity index (χ4v) is 2.89. The molecule has 3 aromatic rings. The average molecular weight is 360 g/mol. The Morgan fingerprint density at radius 3 is 2.37 bits per heavy atom. The van der Waals surface area contributed by atoms with E-state index in [2.05, 4.69) is 41.3 Å². The monoisotopic (exact) mass is 360 g/mol. The van der Waals surface area contributed by atoms with Crippen molar-refractivity contribution in [1.82, 2.24) is 14.9 Å². The predicted molar refractivity (Wildman–Crippen MR) is 108 cm³/mol. The van der Waals surface area contributed by atoms with Crippen molar-refractivity contribution >= 4 is 17.3 Å². The lowest BCUT2D eigenvalue weighted by atomic mass is 10.1. The Labute approximate surface area is 160 Å². The van der Waals surface area contributed by atoms with Gasteiger partial charge in [-0.1, -0.05) is 18.2 Å². The number of carbonyl (C=O) groups is 1. The number of carbonyl (C=O) groups excluding carboxylic acids is 1. The van der Waals surface area contributed by atoms with Gasteiger partial charge in [-0.15, -0.1) is 0 Å². The van der Waals surface area contributed by atoms with E-state index in [9.17, 15) is 4.79 Å². The van der Waals surface area contributed by atoms with E-state index in [0.29, 0.717) is 12.2 Å². The van der Waals surface area contributed by atoms with Gasteiger partial charge < -0.3 is 10.2 Å². The second-order valence-corrected chi connectivity index (χ2v) is 6.66. The maximum atomic E-state index is 12.6. The molecule has 0 unspecified atom stereocenters. The molecule has 5 heteroatoms. The highest BCUT2D eigenvalue weighted by molar-refractivity contribution is 5.92. The van der Waals surface area contributed by atoms with E-state index in [1.807, 2.05) is 24.3 Å². The van der Waals surface area contributed by atoms with Gasteiger partial charge in [0, 0.05) is 31.7 Å². The zero-order valence-electron chi connectivity index (χ0n) is 15.9. The van der Waals surface area contributed by atoms with Crippen molar-refractivity contribution in [3.05, 3.63) is 83.4 Å². The molecule has 0 fully saturated rings. The van der Waals surface area contributed by atoms with Crippen LogP contribution in [-0.4, -0.2) is 34.4 Å². The van der Waals surface area contributed by atoms with Gasteiger partial charge >= 0.3 is 0 Å². The Morgan fingerprint density at radius 1 is 1.04 bits per heavy atom. The van der Waals surface area contributed by atoms with Gasteiger partial charge in [0.1, 0.15) is 5.69 Å². The number of benzene rings is 1. The van der Waals surface area contributed by atoms with E-state index in [-0.39, 0.29) is 5.91 Å². The summed E-state index contributed by atoms with van der Waals surface area (Å²) in [6, 6.07) is 13.8. The SMILES string of the molecule is Cc1cccc(C)c1Nc1ccc(C(=O)N(C)CCc2ccncc2)nc1. The van der Waals surface area contributed by atoms with Crippen LogP contribution < -0.4 is 5.32 Å². The number of pyridine rings is 2. The summed E-state index contributed by atoms with van der Waals surface area (Å²) in [7, 11) is 1.80. The minimum Gasteiger partial charge on any atom is -0.354 e. The van der Waals surface area contributed by atoms with Crippen molar-refractivity contribution in [2.75, 3.05) is 18.9 Å². The number of nitrogens with one attached hydrogen (secondary N) is 1. The number of rotatable bonds is 6. The molecule has 0 spiro atoms. The molecule has 2 heterocycles. The van der Waals surface area contributed by atoms with Crippen LogP contribution >= 0.6 is 0 Å². The van der Waals surface area contributed by atoms with Crippen LogP contribution in [0.5, 0.6) is 0 Å². The Hall–Kier alpha value is -3.21. The number of aromatic nitrogens is 2. The van der Waals surface area contributed by atoms with E-state index in [4.69, 9.17) is 0 Å². The van der Waals surface area contributed by atoms with Crippen molar-refractivity contribution in [2.45, 2.75) is 20.3 Å². The van der Waals surface area contributed by atoms with Crippen molar-refractivity contribution in [1.29, 1.82) is 0 Å². The van der Waals surface area contributed by atoms with Gasteiger partial charge in [0.2, 0.25) is 0 Å². The average Bonchev–Trinajstić information content (AvgIpc) is 2.70. The maximum absolute atomic E-state index is 12.6. The van der Waals surface area contributed by atoms with E-state index >= 15 is 0 Å². The summed E-state index contributed by atoms with van der Waals surface area (Å²) in [6.07, 6.45) is 6.02. The van der Waals surface area contributed by atoms with Gasteiger partial charge in [0.15, 0.2) is 0 Å². The lowest BCUT2D eigenvalue weighted by Crippen LogP contribution is -2.29. The van der Waals surface area contributed by atoms with Gasteiger partial charge in [-0.2, -0.15) is 0 Å². The van der Waals surface area contributed by atoms with Crippen molar-refractivity contribution in [2.24, 2.45) is 0 Å². The summed E-state index contributed by atoms with van der Waals surface area (Å²) in [6.45, 7) is 4.77.